The van der Waals surface area contributed by atoms with Gasteiger partial charge in [0.2, 0.25) is 0 Å². The third kappa shape index (κ3) is 4.96. The Hall–Kier alpha value is -1.64. The zero-order chi connectivity index (χ0) is 11.7. The topological polar surface area (TPSA) is 43.4 Å². The van der Waals surface area contributed by atoms with Crippen LogP contribution in [0.15, 0.2) is 24.3 Å². The van der Waals surface area contributed by atoms with Crippen LogP contribution >= 0.6 is 0 Å². The summed E-state index contributed by atoms with van der Waals surface area (Å²) in [7, 11) is 0. The molecule has 0 radical (unpaired) electrons. The number of benzene rings is 1. The molecular weight excluding hydrogens is 192 g/mol. The highest BCUT2D eigenvalue weighted by molar-refractivity contribution is 5.77. The summed E-state index contributed by atoms with van der Waals surface area (Å²) in [5.41, 5.74) is 1.29. The van der Waals surface area contributed by atoms with E-state index in [9.17, 15) is 9.59 Å². The number of hydrogen-bond donors (Lipinski definition) is 0. The van der Waals surface area contributed by atoms with E-state index in [4.69, 9.17) is 4.74 Å². The first-order valence-electron chi connectivity index (χ1n) is 4.90. The van der Waals surface area contributed by atoms with E-state index in [-0.39, 0.29) is 12.6 Å². The highest BCUT2D eigenvalue weighted by Gasteiger charge is 2.01. The Morgan fingerprint density at radius 2 is 1.93 bits per heavy atom. The van der Waals surface area contributed by atoms with E-state index >= 15 is 0 Å². The van der Waals surface area contributed by atoms with E-state index in [0.717, 1.165) is 11.8 Å². The van der Waals surface area contributed by atoms with Crippen LogP contribution in [0.2, 0.25) is 0 Å². The SMILES string of the molecule is CC.CC(=O)OCc1ccccc1C=O. The van der Waals surface area contributed by atoms with Crippen LogP contribution in [0.3, 0.4) is 0 Å². The second kappa shape index (κ2) is 7.74. The standard InChI is InChI=1S/C10H10O3.C2H6/c1-8(12)13-7-10-5-3-2-4-9(10)6-11;1-2/h2-6H,7H2,1H3;1-2H3. The lowest BCUT2D eigenvalue weighted by Gasteiger charge is -2.03. The summed E-state index contributed by atoms with van der Waals surface area (Å²) in [4.78, 5) is 21.0. The van der Waals surface area contributed by atoms with Crippen molar-refractivity contribution in [3.8, 4) is 0 Å². The van der Waals surface area contributed by atoms with Gasteiger partial charge >= 0.3 is 5.97 Å². The van der Waals surface area contributed by atoms with Crippen LogP contribution in [0.1, 0.15) is 36.7 Å². The smallest absolute Gasteiger partial charge is 0.302 e. The molecular formula is C12H16O3. The van der Waals surface area contributed by atoms with Crippen molar-refractivity contribution in [1.82, 2.24) is 0 Å². The quantitative estimate of drug-likeness (QED) is 0.566. The molecule has 0 aromatic heterocycles. The summed E-state index contributed by atoms with van der Waals surface area (Å²) in [6.07, 6.45) is 0.749. The van der Waals surface area contributed by atoms with Crippen molar-refractivity contribution in [3.05, 3.63) is 35.4 Å². The number of ether oxygens (including phenoxy) is 1. The van der Waals surface area contributed by atoms with E-state index in [1.165, 1.54) is 6.92 Å². The van der Waals surface area contributed by atoms with Crippen LogP contribution in [0.4, 0.5) is 0 Å². The largest absolute Gasteiger partial charge is 0.461 e. The van der Waals surface area contributed by atoms with Gasteiger partial charge in [-0.25, -0.2) is 0 Å². The van der Waals surface area contributed by atoms with Crippen LogP contribution in [-0.4, -0.2) is 12.3 Å². The molecule has 1 rings (SSSR count). The Kier molecular flexibility index (Phi) is 6.89. The van der Waals surface area contributed by atoms with Crippen molar-refractivity contribution in [2.45, 2.75) is 27.4 Å². The van der Waals surface area contributed by atoms with Gasteiger partial charge in [-0.05, 0) is 5.56 Å². The van der Waals surface area contributed by atoms with Crippen LogP contribution in [-0.2, 0) is 16.1 Å². The van der Waals surface area contributed by atoms with E-state index < -0.39 is 0 Å². The molecule has 3 heteroatoms. The fourth-order valence-corrected chi connectivity index (χ4v) is 0.960. The highest BCUT2D eigenvalue weighted by Crippen LogP contribution is 2.07. The van der Waals surface area contributed by atoms with Crippen molar-refractivity contribution >= 4 is 12.3 Å². The van der Waals surface area contributed by atoms with Gasteiger partial charge in [0.05, 0.1) is 0 Å². The van der Waals surface area contributed by atoms with Crippen LogP contribution < -0.4 is 0 Å². The molecule has 15 heavy (non-hydrogen) atoms. The Balaban J connectivity index is 0.000000921. The van der Waals surface area contributed by atoms with Crippen LogP contribution in [0.5, 0.6) is 0 Å². The number of carbonyl (C=O) groups is 2. The molecule has 0 aliphatic carbocycles. The maximum absolute atomic E-state index is 10.5. The second-order valence-electron chi connectivity index (χ2n) is 2.60. The van der Waals surface area contributed by atoms with Crippen molar-refractivity contribution in [2.75, 3.05) is 0 Å². The van der Waals surface area contributed by atoms with Gasteiger partial charge in [-0.3, -0.25) is 9.59 Å². The number of aldehydes is 1. The van der Waals surface area contributed by atoms with Gasteiger partial charge in [-0.2, -0.15) is 0 Å². The van der Waals surface area contributed by atoms with Gasteiger partial charge in [0.1, 0.15) is 12.9 Å². The van der Waals surface area contributed by atoms with E-state index in [1.54, 1.807) is 24.3 Å². The molecule has 0 bridgehead atoms. The average Bonchev–Trinajstić information content (AvgIpc) is 2.29. The predicted octanol–water partition coefficient (Wildman–Crippen LogP) is 2.59. The number of rotatable bonds is 3. The molecule has 82 valence electrons. The molecule has 0 atom stereocenters. The summed E-state index contributed by atoms with van der Waals surface area (Å²) in [5.74, 6) is -0.347. The first kappa shape index (κ1) is 13.4. The second-order valence-corrected chi connectivity index (χ2v) is 2.60. The summed E-state index contributed by atoms with van der Waals surface area (Å²) in [6.45, 7) is 5.49. The van der Waals surface area contributed by atoms with Gasteiger partial charge < -0.3 is 4.74 Å². The number of esters is 1. The fraction of sp³-hybridized carbons (Fsp3) is 0.333. The first-order chi connectivity index (χ1) is 7.24. The molecule has 0 saturated heterocycles. The minimum absolute atomic E-state index is 0.157. The lowest BCUT2D eigenvalue weighted by Crippen LogP contribution is -2.01. The third-order valence-electron chi connectivity index (χ3n) is 1.61. The van der Waals surface area contributed by atoms with Crippen LogP contribution in [0, 0.1) is 0 Å². The normalized spacial score (nSPS) is 8.47. The van der Waals surface area contributed by atoms with Gasteiger partial charge in [0, 0.05) is 12.5 Å². The maximum Gasteiger partial charge on any atom is 0.302 e. The van der Waals surface area contributed by atoms with E-state index in [0.29, 0.717) is 5.56 Å². The van der Waals surface area contributed by atoms with E-state index in [1.807, 2.05) is 13.8 Å². The monoisotopic (exact) mass is 208 g/mol. The molecule has 0 unspecified atom stereocenters. The molecule has 0 saturated carbocycles. The molecule has 0 aliphatic heterocycles. The average molecular weight is 208 g/mol. The summed E-state index contributed by atoms with van der Waals surface area (Å²) in [6, 6.07) is 7.01. The lowest BCUT2D eigenvalue weighted by molar-refractivity contribution is -0.142. The zero-order valence-corrected chi connectivity index (χ0v) is 9.32. The first-order valence-corrected chi connectivity index (χ1v) is 4.90. The Bertz CT molecular complexity index is 318. The molecule has 0 heterocycles. The Morgan fingerprint density at radius 1 is 1.33 bits per heavy atom. The summed E-state index contributed by atoms with van der Waals surface area (Å²) in [5, 5.41) is 0. The zero-order valence-electron chi connectivity index (χ0n) is 9.32. The lowest BCUT2D eigenvalue weighted by atomic mass is 10.1. The number of carbonyl (C=O) groups excluding carboxylic acids is 2. The summed E-state index contributed by atoms with van der Waals surface area (Å²) < 4.78 is 4.77. The number of hydrogen-bond acceptors (Lipinski definition) is 3. The molecule has 1 aromatic rings. The molecule has 0 spiro atoms. The Morgan fingerprint density at radius 3 is 2.47 bits per heavy atom. The van der Waals surface area contributed by atoms with Crippen molar-refractivity contribution in [3.63, 3.8) is 0 Å². The summed E-state index contributed by atoms with van der Waals surface area (Å²) >= 11 is 0. The van der Waals surface area contributed by atoms with Gasteiger partial charge in [0.25, 0.3) is 0 Å². The minimum atomic E-state index is -0.347. The fourth-order valence-electron chi connectivity index (χ4n) is 0.960. The van der Waals surface area contributed by atoms with E-state index in [2.05, 4.69) is 0 Å². The van der Waals surface area contributed by atoms with Gasteiger partial charge in [-0.1, -0.05) is 38.1 Å². The molecule has 0 N–H and O–H groups in total. The minimum Gasteiger partial charge on any atom is -0.461 e. The maximum atomic E-state index is 10.5. The van der Waals surface area contributed by atoms with Gasteiger partial charge in [0.15, 0.2) is 0 Å². The molecule has 0 amide bonds. The van der Waals surface area contributed by atoms with Crippen molar-refractivity contribution in [2.24, 2.45) is 0 Å². The van der Waals surface area contributed by atoms with Crippen molar-refractivity contribution in [1.29, 1.82) is 0 Å². The molecule has 0 fully saturated rings. The Labute approximate surface area is 90.1 Å². The van der Waals surface area contributed by atoms with Crippen LogP contribution in [0.25, 0.3) is 0 Å². The predicted molar refractivity (Wildman–Crippen MR) is 58.6 cm³/mol. The third-order valence-corrected chi connectivity index (χ3v) is 1.61. The molecule has 1 aromatic carbocycles. The molecule has 3 nitrogen and oxygen atoms in total. The van der Waals surface area contributed by atoms with Crippen molar-refractivity contribution < 1.29 is 14.3 Å². The highest BCUT2D eigenvalue weighted by atomic mass is 16.5. The van der Waals surface area contributed by atoms with Gasteiger partial charge in [-0.15, -0.1) is 0 Å². The molecule has 0 aliphatic rings.